The smallest absolute Gasteiger partial charge is 0.244 e. The van der Waals surface area contributed by atoms with Gasteiger partial charge in [0.2, 0.25) is 21.8 Å². The summed E-state index contributed by atoms with van der Waals surface area (Å²) in [7, 11) is -3.90. The fraction of sp³-hybridized carbons (Fsp3) is 0.333. The lowest BCUT2D eigenvalue weighted by Gasteiger charge is -2.34. The van der Waals surface area contributed by atoms with Crippen molar-refractivity contribution in [3.8, 4) is 0 Å². The van der Waals surface area contributed by atoms with E-state index in [0.29, 0.717) is 27.1 Å². The molecule has 7 nitrogen and oxygen atoms in total. The number of carbonyl (C=O) groups is 2. The molecule has 2 unspecified atom stereocenters. The van der Waals surface area contributed by atoms with Gasteiger partial charge in [-0.1, -0.05) is 84.2 Å². The molecule has 41 heavy (non-hydrogen) atoms. The maximum atomic E-state index is 14.1. The highest BCUT2D eigenvalue weighted by atomic mass is 35.5. The molecule has 1 N–H and O–H groups in total. The van der Waals surface area contributed by atoms with Crippen molar-refractivity contribution >= 4 is 62.3 Å². The van der Waals surface area contributed by atoms with E-state index in [1.807, 2.05) is 44.2 Å². The maximum Gasteiger partial charge on any atom is 0.244 e. The quantitative estimate of drug-likeness (QED) is 0.253. The van der Waals surface area contributed by atoms with Gasteiger partial charge < -0.3 is 10.2 Å². The van der Waals surface area contributed by atoms with Crippen LogP contribution in [0.3, 0.4) is 0 Å². The molecule has 0 spiro atoms. The first-order chi connectivity index (χ1) is 19.3. The van der Waals surface area contributed by atoms with E-state index >= 15 is 0 Å². The first-order valence-corrected chi connectivity index (χ1v) is 16.1. The Morgan fingerprint density at radius 2 is 1.59 bits per heavy atom. The normalized spacial score (nSPS) is 12.9. The van der Waals surface area contributed by atoms with Crippen molar-refractivity contribution in [3.05, 3.63) is 98.5 Å². The lowest BCUT2D eigenvalue weighted by molar-refractivity contribution is -0.140. The fourth-order valence-corrected chi connectivity index (χ4v) is 5.52. The fourth-order valence-electron chi connectivity index (χ4n) is 4.18. The van der Waals surface area contributed by atoms with Crippen molar-refractivity contribution in [3.63, 3.8) is 0 Å². The zero-order valence-corrected chi connectivity index (χ0v) is 26.5. The number of rotatable bonds is 12. The van der Waals surface area contributed by atoms with E-state index in [0.717, 1.165) is 21.7 Å². The lowest BCUT2D eigenvalue weighted by atomic mass is 10.0. The molecular formula is C30H34Cl3N3O4S. The number of sulfonamides is 1. The third-order valence-corrected chi connectivity index (χ3v) is 9.02. The zero-order valence-electron chi connectivity index (χ0n) is 23.4. The van der Waals surface area contributed by atoms with Gasteiger partial charge in [-0.05, 0) is 61.2 Å². The predicted octanol–water partition coefficient (Wildman–Crippen LogP) is 6.28. The predicted molar refractivity (Wildman–Crippen MR) is 167 cm³/mol. The number of aryl methyl sites for hydroxylation is 1. The van der Waals surface area contributed by atoms with Crippen LogP contribution in [0.1, 0.15) is 37.0 Å². The second-order valence-electron chi connectivity index (χ2n) is 10.00. The SMILES string of the molecule is CCC(C)NC(=O)C(Cc1ccccc1)N(Cc1ccc(Cl)c(Cl)c1)C(=O)CN(c1ccc(C)c(Cl)c1)S(C)(=O)=O. The number of nitrogens with one attached hydrogen (secondary N) is 1. The number of amides is 2. The molecule has 3 aromatic rings. The van der Waals surface area contributed by atoms with Crippen molar-refractivity contribution in [2.45, 2.75) is 52.2 Å². The van der Waals surface area contributed by atoms with E-state index in [-0.39, 0.29) is 30.6 Å². The molecule has 2 amide bonds. The minimum atomic E-state index is -3.90. The van der Waals surface area contributed by atoms with Gasteiger partial charge in [-0.3, -0.25) is 13.9 Å². The van der Waals surface area contributed by atoms with E-state index in [2.05, 4.69) is 5.32 Å². The molecule has 2 atom stereocenters. The molecule has 0 heterocycles. The summed E-state index contributed by atoms with van der Waals surface area (Å²) in [5.74, 6) is -0.917. The Labute approximate surface area is 257 Å². The summed E-state index contributed by atoms with van der Waals surface area (Å²) in [4.78, 5) is 29.2. The summed E-state index contributed by atoms with van der Waals surface area (Å²) in [6.07, 6.45) is 1.93. The molecule has 0 aromatic heterocycles. The second-order valence-corrected chi connectivity index (χ2v) is 13.1. The van der Waals surface area contributed by atoms with Gasteiger partial charge in [0.1, 0.15) is 12.6 Å². The highest BCUT2D eigenvalue weighted by Crippen LogP contribution is 2.27. The van der Waals surface area contributed by atoms with E-state index in [1.54, 1.807) is 37.3 Å². The van der Waals surface area contributed by atoms with Crippen molar-refractivity contribution in [2.24, 2.45) is 0 Å². The largest absolute Gasteiger partial charge is 0.352 e. The van der Waals surface area contributed by atoms with Gasteiger partial charge in [0.25, 0.3) is 0 Å². The number of halogens is 3. The van der Waals surface area contributed by atoms with Crippen molar-refractivity contribution in [1.29, 1.82) is 0 Å². The van der Waals surface area contributed by atoms with E-state index in [1.165, 1.54) is 11.0 Å². The minimum Gasteiger partial charge on any atom is -0.352 e. The van der Waals surface area contributed by atoms with Crippen molar-refractivity contribution in [1.82, 2.24) is 10.2 Å². The number of nitrogens with zero attached hydrogens (tertiary/aromatic N) is 2. The molecule has 0 aliphatic heterocycles. The average Bonchev–Trinajstić information content (AvgIpc) is 2.92. The molecule has 0 bridgehead atoms. The maximum absolute atomic E-state index is 14.1. The standard InChI is InChI=1S/C30H34Cl3N3O4S/c1-5-21(3)34-30(38)28(16-22-9-7-6-8-10-22)35(18-23-12-14-25(31)27(33)15-23)29(37)19-36(41(4,39)40)24-13-11-20(2)26(32)17-24/h6-15,17,21,28H,5,16,18-19H2,1-4H3,(H,34,38). The third kappa shape index (κ3) is 9.10. The molecular weight excluding hydrogens is 605 g/mol. The molecule has 220 valence electrons. The Kier molecular flexibility index (Phi) is 11.5. The molecule has 0 aliphatic carbocycles. The van der Waals surface area contributed by atoms with Crippen LogP contribution in [0.2, 0.25) is 15.1 Å². The monoisotopic (exact) mass is 637 g/mol. The van der Waals surface area contributed by atoms with Crippen molar-refractivity contribution < 1.29 is 18.0 Å². The van der Waals surface area contributed by atoms with Crippen LogP contribution in [-0.4, -0.2) is 50.0 Å². The summed E-state index contributed by atoms with van der Waals surface area (Å²) in [6, 6.07) is 18.0. The zero-order chi connectivity index (χ0) is 30.3. The van der Waals surface area contributed by atoms with Gasteiger partial charge in [-0.25, -0.2) is 8.42 Å². The Morgan fingerprint density at radius 3 is 2.17 bits per heavy atom. The van der Waals surface area contributed by atoms with Crippen molar-refractivity contribution in [2.75, 3.05) is 17.1 Å². The average molecular weight is 639 g/mol. The first-order valence-electron chi connectivity index (χ1n) is 13.1. The van der Waals surface area contributed by atoms with Gasteiger partial charge in [-0.15, -0.1) is 0 Å². The van der Waals surface area contributed by atoms with Crippen LogP contribution >= 0.6 is 34.8 Å². The summed E-state index contributed by atoms with van der Waals surface area (Å²) in [5.41, 5.74) is 2.48. The Bertz CT molecular complexity index is 1490. The van der Waals surface area contributed by atoms with Crippen LogP contribution in [0.4, 0.5) is 5.69 Å². The molecule has 0 aliphatic rings. The van der Waals surface area contributed by atoms with Crippen LogP contribution in [-0.2, 0) is 32.6 Å². The van der Waals surface area contributed by atoms with Crippen LogP contribution < -0.4 is 9.62 Å². The third-order valence-electron chi connectivity index (χ3n) is 6.73. The van der Waals surface area contributed by atoms with Gasteiger partial charge in [0.05, 0.1) is 22.0 Å². The molecule has 3 aromatic carbocycles. The molecule has 0 radical (unpaired) electrons. The molecule has 0 saturated carbocycles. The topological polar surface area (TPSA) is 86.8 Å². The number of benzene rings is 3. The van der Waals surface area contributed by atoms with Gasteiger partial charge in [-0.2, -0.15) is 0 Å². The second kappa shape index (κ2) is 14.4. The van der Waals surface area contributed by atoms with Crippen LogP contribution in [0.5, 0.6) is 0 Å². The molecule has 0 fully saturated rings. The summed E-state index contributed by atoms with van der Waals surface area (Å²) in [6.45, 7) is 5.08. The van der Waals surface area contributed by atoms with E-state index in [4.69, 9.17) is 34.8 Å². The van der Waals surface area contributed by atoms with Crippen LogP contribution in [0, 0.1) is 6.92 Å². The first kappa shape index (κ1) is 32.7. The van der Waals surface area contributed by atoms with E-state index in [9.17, 15) is 18.0 Å². The number of hydrogen-bond donors (Lipinski definition) is 1. The minimum absolute atomic E-state index is 0.00654. The number of hydrogen-bond acceptors (Lipinski definition) is 4. The summed E-state index contributed by atoms with van der Waals surface area (Å²) < 4.78 is 26.8. The van der Waals surface area contributed by atoms with Crippen LogP contribution in [0.25, 0.3) is 0 Å². The lowest BCUT2D eigenvalue weighted by Crippen LogP contribution is -2.54. The summed E-state index contributed by atoms with van der Waals surface area (Å²) in [5, 5.41) is 4.01. The Hall–Kier alpha value is -2.78. The summed E-state index contributed by atoms with van der Waals surface area (Å²) >= 11 is 18.7. The molecule has 0 saturated heterocycles. The molecule has 3 rings (SSSR count). The number of carbonyl (C=O) groups excluding carboxylic acids is 2. The van der Waals surface area contributed by atoms with Gasteiger partial charge in [0, 0.05) is 24.0 Å². The van der Waals surface area contributed by atoms with Gasteiger partial charge in [0.15, 0.2) is 0 Å². The number of anilines is 1. The highest BCUT2D eigenvalue weighted by Gasteiger charge is 2.33. The van der Waals surface area contributed by atoms with E-state index < -0.39 is 28.5 Å². The van der Waals surface area contributed by atoms with Crippen LogP contribution in [0.15, 0.2) is 66.7 Å². The molecule has 11 heteroatoms. The highest BCUT2D eigenvalue weighted by molar-refractivity contribution is 7.92. The Morgan fingerprint density at radius 1 is 0.902 bits per heavy atom. The Balaban J connectivity index is 2.09. The van der Waals surface area contributed by atoms with Gasteiger partial charge >= 0.3 is 0 Å².